The van der Waals surface area contributed by atoms with Crippen LogP contribution in [0.15, 0.2) is 22.8 Å². The van der Waals surface area contributed by atoms with Crippen molar-refractivity contribution in [1.82, 2.24) is 10.2 Å². The van der Waals surface area contributed by atoms with Crippen LogP contribution in [0.1, 0.15) is 25.6 Å². The molecule has 0 spiro atoms. The van der Waals surface area contributed by atoms with Gasteiger partial charge in [-0.1, -0.05) is 0 Å². The molecule has 2 N–H and O–H groups in total. The number of aliphatic hydroxyl groups is 1. The Morgan fingerprint density at radius 1 is 1.59 bits per heavy atom. The second-order valence-corrected chi connectivity index (χ2v) is 4.25. The summed E-state index contributed by atoms with van der Waals surface area (Å²) in [5, 5.41) is 11.8. The van der Waals surface area contributed by atoms with Gasteiger partial charge < -0.3 is 14.8 Å². The van der Waals surface area contributed by atoms with Crippen molar-refractivity contribution in [2.45, 2.75) is 25.9 Å². The van der Waals surface area contributed by atoms with E-state index in [0.29, 0.717) is 0 Å². The summed E-state index contributed by atoms with van der Waals surface area (Å²) in [5.41, 5.74) is 0. The third-order valence-corrected chi connectivity index (χ3v) is 2.76. The zero-order chi connectivity index (χ0) is 12.8. The minimum atomic E-state index is -0.143. The number of likely N-dealkylation sites (N-methyl/N-ethyl adjacent to an activating group) is 1. The van der Waals surface area contributed by atoms with E-state index in [4.69, 9.17) is 9.52 Å². The highest BCUT2D eigenvalue weighted by atomic mass is 16.3. The average molecular weight is 240 g/mol. The van der Waals surface area contributed by atoms with Crippen LogP contribution in [0.25, 0.3) is 0 Å². The van der Waals surface area contributed by atoms with Crippen LogP contribution in [-0.2, 0) is 4.79 Å². The first kappa shape index (κ1) is 13.7. The molecule has 1 aromatic heterocycles. The van der Waals surface area contributed by atoms with E-state index in [1.54, 1.807) is 24.3 Å². The third kappa shape index (κ3) is 4.20. The Hall–Kier alpha value is -1.33. The topological polar surface area (TPSA) is 65.7 Å². The molecule has 1 amide bonds. The van der Waals surface area contributed by atoms with Gasteiger partial charge in [0.1, 0.15) is 5.76 Å². The number of nitrogens with zero attached hydrogens (tertiary/aromatic N) is 1. The molecule has 0 aliphatic carbocycles. The molecule has 2 unspecified atom stereocenters. The number of aliphatic hydroxyl groups excluding tert-OH is 1. The quantitative estimate of drug-likeness (QED) is 0.771. The largest absolute Gasteiger partial charge is 0.467 e. The summed E-state index contributed by atoms with van der Waals surface area (Å²) in [6.07, 6.45) is 1.58. The second kappa shape index (κ2) is 6.42. The van der Waals surface area contributed by atoms with Crippen LogP contribution >= 0.6 is 0 Å². The van der Waals surface area contributed by atoms with Crippen molar-refractivity contribution in [3.8, 4) is 0 Å². The van der Waals surface area contributed by atoms with E-state index >= 15 is 0 Å². The predicted molar refractivity (Wildman–Crippen MR) is 64.4 cm³/mol. The van der Waals surface area contributed by atoms with Gasteiger partial charge in [-0.3, -0.25) is 9.69 Å². The molecule has 0 radical (unpaired) electrons. The van der Waals surface area contributed by atoms with E-state index in [1.807, 2.05) is 19.9 Å². The van der Waals surface area contributed by atoms with Crippen molar-refractivity contribution in [3.05, 3.63) is 24.2 Å². The van der Waals surface area contributed by atoms with E-state index in [9.17, 15) is 4.79 Å². The highest BCUT2D eigenvalue weighted by Crippen LogP contribution is 2.11. The average Bonchev–Trinajstić information content (AvgIpc) is 2.80. The monoisotopic (exact) mass is 240 g/mol. The Bertz CT molecular complexity index is 338. The molecule has 1 aromatic rings. The first-order valence-electron chi connectivity index (χ1n) is 5.68. The number of nitrogens with one attached hydrogen (secondary N) is 1. The molecule has 17 heavy (non-hydrogen) atoms. The lowest BCUT2D eigenvalue weighted by Crippen LogP contribution is -2.41. The van der Waals surface area contributed by atoms with Gasteiger partial charge in [0.25, 0.3) is 0 Å². The number of carbonyl (C=O) groups is 1. The number of amides is 1. The Morgan fingerprint density at radius 2 is 2.29 bits per heavy atom. The predicted octanol–water partition coefficient (Wildman–Crippen LogP) is 0.769. The van der Waals surface area contributed by atoms with Crippen LogP contribution in [-0.4, -0.2) is 42.2 Å². The summed E-state index contributed by atoms with van der Waals surface area (Å²) in [5.74, 6) is 0.646. The Labute approximate surface area is 101 Å². The maximum Gasteiger partial charge on any atom is 0.234 e. The zero-order valence-corrected chi connectivity index (χ0v) is 10.5. The molecule has 0 saturated carbocycles. The lowest BCUT2D eigenvalue weighted by Gasteiger charge is -2.22. The lowest BCUT2D eigenvalue weighted by molar-refractivity contribution is -0.123. The van der Waals surface area contributed by atoms with Gasteiger partial charge >= 0.3 is 0 Å². The van der Waals surface area contributed by atoms with Crippen LogP contribution in [0.5, 0.6) is 0 Å². The molecule has 0 bridgehead atoms. The maximum atomic E-state index is 11.7. The number of carbonyl (C=O) groups excluding carboxylic acids is 1. The molecule has 5 heteroatoms. The lowest BCUT2D eigenvalue weighted by atomic mass is 10.2. The number of hydrogen-bond donors (Lipinski definition) is 2. The Kier molecular flexibility index (Phi) is 5.18. The summed E-state index contributed by atoms with van der Waals surface area (Å²) in [7, 11) is 1.80. The zero-order valence-electron chi connectivity index (χ0n) is 10.5. The van der Waals surface area contributed by atoms with E-state index in [1.165, 1.54) is 0 Å². The van der Waals surface area contributed by atoms with Gasteiger partial charge in [0.2, 0.25) is 5.91 Å². The number of hydrogen-bond acceptors (Lipinski definition) is 4. The highest BCUT2D eigenvalue weighted by molar-refractivity contribution is 5.78. The highest BCUT2D eigenvalue weighted by Gasteiger charge is 2.15. The van der Waals surface area contributed by atoms with Crippen molar-refractivity contribution >= 4 is 5.91 Å². The normalized spacial score (nSPS) is 14.6. The fourth-order valence-electron chi connectivity index (χ4n) is 1.42. The van der Waals surface area contributed by atoms with Crippen molar-refractivity contribution in [1.29, 1.82) is 0 Å². The van der Waals surface area contributed by atoms with Gasteiger partial charge in [0, 0.05) is 6.04 Å². The van der Waals surface area contributed by atoms with Crippen LogP contribution < -0.4 is 5.32 Å². The van der Waals surface area contributed by atoms with E-state index < -0.39 is 0 Å². The standard InChI is InChI=1S/C12H20N2O3/c1-9(8-15)14(3)7-12(16)13-10(2)11-5-4-6-17-11/h4-6,9-10,15H,7-8H2,1-3H3,(H,13,16). The van der Waals surface area contributed by atoms with E-state index in [0.717, 1.165) is 5.76 Å². The SMILES string of the molecule is CC(NC(=O)CN(C)C(C)CO)c1ccco1. The fourth-order valence-corrected chi connectivity index (χ4v) is 1.42. The summed E-state index contributed by atoms with van der Waals surface area (Å²) in [4.78, 5) is 13.5. The maximum absolute atomic E-state index is 11.7. The molecule has 5 nitrogen and oxygen atoms in total. The van der Waals surface area contributed by atoms with E-state index in [2.05, 4.69) is 5.32 Å². The summed E-state index contributed by atoms with van der Waals surface area (Å²) >= 11 is 0. The molecule has 0 aromatic carbocycles. The summed E-state index contributed by atoms with van der Waals surface area (Å²) in [6.45, 7) is 4.03. The van der Waals surface area contributed by atoms with Crippen LogP contribution in [0.2, 0.25) is 0 Å². The van der Waals surface area contributed by atoms with Crippen molar-refractivity contribution in [2.75, 3.05) is 20.2 Å². The third-order valence-electron chi connectivity index (χ3n) is 2.76. The smallest absolute Gasteiger partial charge is 0.234 e. The van der Waals surface area contributed by atoms with Gasteiger partial charge in [-0.25, -0.2) is 0 Å². The molecule has 0 aliphatic heterocycles. The van der Waals surface area contributed by atoms with Crippen LogP contribution in [0.4, 0.5) is 0 Å². The number of rotatable bonds is 6. The van der Waals surface area contributed by atoms with Crippen LogP contribution in [0.3, 0.4) is 0 Å². The molecule has 0 fully saturated rings. The molecular weight excluding hydrogens is 220 g/mol. The molecule has 2 atom stereocenters. The van der Waals surface area contributed by atoms with Gasteiger partial charge in [-0.05, 0) is 33.0 Å². The first-order valence-corrected chi connectivity index (χ1v) is 5.68. The molecule has 0 saturated heterocycles. The Balaban J connectivity index is 2.39. The molecular formula is C12H20N2O3. The van der Waals surface area contributed by atoms with Crippen molar-refractivity contribution < 1.29 is 14.3 Å². The summed E-state index contributed by atoms with van der Waals surface area (Å²) < 4.78 is 5.20. The van der Waals surface area contributed by atoms with Crippen LogP contribution in [0, 0.1) is 0 Å². The fraction of sp³-hybridized carbons (Fsp3) is 0.583. The molecule has 96 valence electrons. The van der Waals surface area contributed by atoms with E-state index in [-0.39, 0.29) is 31.1 Å². The number of furan rings is 1. The molecule has 1 rings (SSSR count). The Morgan fingerprint density at radius 3 is 2.82 bits per heavy atom. The van der Waals surface area contributed by atoms with Gasteiger partial charge in [0.15, 0.2) is 0 Å². The minimum absolute atomic E-state index is 0.0281. The van der Waals surface area contributed by atoms with Crippen molar-refractivity contribution in [3.63, 3.8) is 0 Å². The second-order valence-electron chi connectivity index (χ2n) is 4.25. The van der Waals surface area contributed by atoms with Gasteiger partial charge in [-0.15, -0.1) is 0 Å². The first-order chi connectivity index (χ1) is 8.04. The molecule has 1 heterocycles. The van der Waals surface area contributed by atoms with Gasteiger partial charge in [0.05, 0.1) is 25.5 Å². The van der Waals surface area contributed by atoms with Crippen molar-refractivity contribution in [2.24, 2.45) is 0 Å². The van der Waals surface area contributed by atoms with Gasteiger partial charge in [-0.2, -0.15) is 0 Å². The summed E-state index contributed by atoms with van der Waals surface area (Å²) in [6, 6.07) is 3.44. The molecule has 0 aliphatic rings. The minimum Gasteiger partial charge on any atom is -0.467 e.